The molecule has 1 rings (SSSR count). The zero-order valence-corrected chi connectivity index (χ0v) is 8.76. The van der Waals surface area contributed by atoms with Gasteiger partial charge in [0.25, 0.3) is 0 Å². The number of hydrogen-bond acceptors (Lipinski definition) is 2. The molecule has 3 heteroatoms. The first kappa shape index (κ1) is 10.1. The van der Waals surface area contributed by atoms with Crippen molar-refractivity contribution >= 4 is 21.6 Å². The Balaban J connectivity index is 2.73. The predicted octanol–water partition coefficient (Wildman–Crippen LogP) is 2.11. The van der Waals surface area contributed by atoms with Gasteiger partial charge in [0.2, 0.25) is 0 Å². The van der Waals surface area contributed by atoms with Crippen molar-refractivity contribution in [2.24, 2.45) is 5.84 Å². The van der Waals surface area contributed by atoms with Crippen LogP contribution in [0.25, 0.3) is 0 Å². The molecule has 0 aromatic heterocycles. The third-order valence-electron chi connectivity index (χ3n) is 1.48. The van der Waals surface area contributed by atoms with Crippen LogP contribution in [0.2, 0.25) is 0 Å². The molecule has 1 aromatic carbocycles. The standard InChI is InChI=1S/C10H11BrN2/c11-7-2-1-4-9-5-3-6-10(8-9)13-12/h3,5-6,8,13H,2,7,12H2. The number of anilines is 1. The topological polar surface area (TPSA) is 38.0 Å². The molecular formula is C10H11BrN2. The Kier molecular flexibility index (Phi) is 4.37. The summed E-state index contributed by atoms with van der Waals surface area (Å²) in [7, 11) is 0. The lowest BCUT2D eigenvalue weighted by molar-refractivity contribution is 1.32. The van der Waals surface area contributed by atoms with Gasteiger partial charge in [-0.05, 0) is 18.2 Å². The van der Waals surface area contributed by atoms with Crippen LogP contribution in [-0.2, 0) is 0 Å². The van der Waals surface area contributed by atoms with E-state index in [4.69, 9.17) is 5.84 Å². The second kappa shape index (κ2) is 5.63. The molecule has 0 atom stereocenters. The molecule has 0 saturated carbocycles. The van der Waals surface area contributed by atoms with E-state index in [1.165, 1.54) is 0 Å². The molecule has 0 heterocycles. The van der Waals surface area contributed by atoms with Gasteiger partial charge in [0.1, 0.15) is 0 Å². The summed E-state index contributed by atoms with van der Waals surface area (Å²) in [5.41, 5.74) is 4.44. The first-order valence-corrected chi connectivity index (χ1v) is 5.10. The molecule has 0 amide bonds. The third-order valence-corrected chi connectivity index (χ3v) is 1.88. The number of hydrazine groups is 1. The number of nitrogens with one attached hydrogen (secondary N) is 1. The summed E-state index contributed by atoms with van der Waals surface area (Å²) in [6.07, 6.45) is 0.861. The molecule has 0 spiro atoms. The van der Waals surface area contributed by atoms with Gasteiger partial charge in [-0.3, -0.25) is 5.84 Å². The maximum absolute atomic E-state index is 5.27. The molecule has 0 aliphatic heterocycles. The zero-order chi connectivity index (χ0) is 9.52. The maximum Gasteiger partial charge on any atom is 0.0497 e. The molecule has 0 bridgehead atoms. The van der Waals surface area contributed by atoms with E-state index in [0.717, 1.165) is 23.0 Å². The number of rotatable bonds is 2. The quantitative estimate of drug-likeness (QED) is 0.359. The molecule has 13 heavy (non-hydrogen) atoms. The number of halogens is 1. The predicted molar refractivity (Wildman–Crippen MR) is 59.5 cm³/mol. The van der Waals surface area contributed by atoms with Gasteiger partial charge in [0, 0.05) is 23.0 Å². The van der Waals surface area contributed by atoms with E-state index in [1.54, 1.807) is 0 Å². The maximum atomic E-state index is 5.27. The smallest absolute Gasteiger partial charge is 0.0497 e. The Morgan fingerprint density at radius 1 is 1.46 bits per heavy atom. The van der Waals surface area contributed by atoms with Crippen LogP contribution >= 0.6 is 15.9 Å². The largest absolute Gasteiger partial charge is 0.324 e. The fraction of sp³-hybridized carbons (Fsp3) is 0.200. The van der Waals surface area contributed by atoms with Gasteiger partial charge in [0.05, 0.1) is 0 Å². The van der Waals surface area contributed by atoms with E-state index in [2.05, 4.69) is 33.2 Å². The highest BCUT2D eigenvalue weighted by atomic mass is 79.9. The van der Waals surface area contributed by atoms with Crippen LogP contribution in [-0.4, -0.2) is 5.33 Å². The zero-order valence-electron chi connectivity index (χ0n) is 7.18. The van der Waals surface area contributed by atoms with Crippen LogP contribution in [0.5, 0.6) is 0 Å². The number of nitrogen functional groups attached to an aromatic ring is 1. The van der Waals surface area contributed by atoms with Gasteiger partial charge in [-0.1, -0.05) is 33.8 Å². The van der Waals surface area contributed by atoms with Crippen LogP contribution in [0, 0.1) is 11.8 Å². The highest BCUT2D eigenvalue weighted by Gasteiger charge is 1.88. The number of hydrogen-bond donors (Lipinski definition) is 2. The highest BCUT2D eigenvalue weighted by Crippen LogP contribution is 2.07. The Hall–Kier alpha value is -0.980. The average molecular weight is 239 g/mol. The van der Waals surface area contributed by atoms with Gasteiger partial charge in [-0.2, -0.15) is 0 Å². The molecule has 0 radical (unpaired) electrons. The van der Waals surface area contributed by atoms with Crippen molar-refractivity contribution in [2.45, 2.75) is 6.42 Å². The van der Waals surface area contributed by atoms with Gasteiger partial charge in [-0.15, -0.1) is 0 Å². The Labute approximate surface area is 86.6 Å². The number of alkyl halides is 1. The minimum absolute atomic E-state index is 0.861. The second-order valence-corrected chi connectivity index (χ2v) is 3.26. The number of nitrogens with two attached hydrogens (primary N) is 1. The van der Waals surface area contributed by atoms with E-state index in [-0.39, 0.29) is 0 Å². The van der Waals surface area contributed by atoms with Crippen molar-refractivity contribution < 1.29 is 0 Å². The number of benzene rings is 1. The van der Waals surface area contributed by atoms with Crippen molar-refractivity contribution in [2.75, 3.05) is 10.8 Å². The van der Waals surface area contributed by atoms with Gasteiger partial charge >= 0.3 is 0 Å². The van der Waals surface area contributed by atoms with Gasteiger partial charge in [-0.25, -0.2) is 0 Å². The molecule has 1 aromatic rings. The normalized spacial score (nSPS) is 8.77. The van der Waals surface area contributed by atoms with Gasteiger partial charge in [0.15, 0.2) is 0 Å². The van der Waals surface area contributed by atoms with E-state index < -0.39 is 0 Å². The summed E-state index contributed by atoms with van der Waals surface area (Å²) in [5.74, 6) is 11.3. The van der Waals surface area contributed by atoms with Crippen molar-refractivity contribution in [3.05, 3.63) is 29.8 Å². The molecule has 2 nitrogen and oxygen atoms in total. The second-order valence-electron chi connectivity index (χ2n) is 2.47. The summed E-state index contributed by atoms with van der Waals surface area (Å²) in [4.78, 5) is 0. The van der Waals surface area contributed by atoms with Crippen LogP contribution in [0.15, 0.2) is 24.3 Å². The molecule has 68 valence electrons. The van der Waals surface area contributed by atoms with Crippen molar-refractivity contribution in [1.29, 1.82) is 0 Å². The molecule has 0 unspecified atom stereocenters. The minimum Gasteiger partial charge on any atom is -0.324 e. The first-order chi connectivity index (χ1) is 6.36. The molecular weight excluding hydrogens is 228 g/mol. The van der Waals surface area contributed by atoms with Crippen LogP contribution in [0.1, 0.15) is 12.0 Å². The lowest BCUT2D eigenvalue weighted by Gasteiger charge is -1.98. The highest BCUT2D eigenvalue weighted by molar-refractivity contribution is 9.09. The van der Waals surface area contributed by atoms with Crippen LogP contribution < -0.4 is 11.3 Å². The Morgan fingerprint density at radius 3 is 3.00 bits per heavy atom. The third kappa shape index (κ3) is 3.49. The fourth-order valence-electron chi connectivity index (χ4n) is 0.899. The molecule has 0 fully saturated rings. The lowest BCUT2D eigenvalue weighted by atomic mass is 10.2. The Bertz CT molecular complexity index is 325. The summed E-state index contributed by atoms with van der Waals surface area (Å²) in [6.45, 7) is 0. The monoisotopic (exact) mass is 238 g/mol. The SMILES string of the molecule is NNc1cccc(C#CCCBr)c1. The van der Waals surface area contributed by atoms with Crippen molar-refractivity contribution in [1.82, 2.24) is 0 Å². The molecule has 0 aliphatic rings. The van der Waals surface area contributed by atoms with E-state index in [1.807, 2.05) is 24.3 Å². The van der Waals surface area contributed by atoms with Crippen LogP contribution in [0.4, 0.5) is 5.69 Å². The summed E-state index contributed by atoms with van der Waals surface area (Å²) < 4.78 is 0. The fourth-order valence-corrected chi connectivity index (χ4v) is 1.10. The first-order valence-electron chi connectivity index (χ1n) is 3.98. The summed E-state index contributed by atoms with van der Waals surface area (Å²) in [5, 5.41) is 0.912. The summed E-state index contributed by atoms with van der Waals surface area (Å²) in [6, 6.07) is 7.70. The average Bonchev–Trinajstić information content (AvgIpc) is 2.19. The lowest BCUT2D eigenvalue weighted by Crippen LogP contribution is -2.06. The Morgan fingerprint density at radius 2 is 2.31 bits per heavy atom. The van der Waals surface area contributed by atoms with E-state index >= 15 is 0 Å². The van der Waals surface area contributed by atoms with Gasteiger partial charge < -0.3 is 5.43 Å². The summed E-state index contributed by atoms with van der Waals surface area (Å²) >= 11 is 3.32. The minimum atomic E-state index is 0.861. The van der Waals surface area contributed by atoms with Crippen LogP contribution in [0.3, 0.4) is 0 Å². The molecule has 0 aliphatic carbocycles. The van der Waals surface area contributed by atoms with Crippen molar-refractivity contribution in [3.63, 3.8) is 0 Å². The molecule has 3 N–H and O–H groups in total. The van der Waals surface area contributed by atoms with E-state index in [0.29, 0.717) is 0 Å². The van der Waals surface area contributed by atoms with Crippen molar-refractivity contribution in [3.8, 4) is 11.8 Å². The van der Waals surface area contributed by atoms with E-state index in [9.17, 15) is 0 Å². The molecule has 0 saturated heterocycles.